The number of fused-ring (bicyclic) bond motifs is 1. The van der Waals surface area contributed by atoms with E-state index in [2.05, 4.69) is 34.6 Å². The minimum Gasteiger partial charge on any atom is -0.361 e. The molecule has 0 unspecified atom stereocenters. The molecule has 0 saturated heterocycles. The van der Waals surface area contributed by atoms with Crippen molar-refractivity contribution in [3.8, 4) is 0 Å². The molecule has 18 heavy (non-hydrogen) atoms. The van der Waals surface area contributed by atoms with Gasteiger partial charge in [0.1, 0.15) is 19.1 Å². The maximum atomic E-state index is 5.99. The fourth-order valence-corrected chi connectivity index (χ4v) is 2.58. The molecule has 2 rings (SSSR count). The van der Waals surface area contributed by atoms with Gasteiger partial charge in [-0.05, 0) is 6.04 Å². The fourth-order valence-electron chi connectivity index (χ4n) is 1.63. The third-order valence-electron chi connectivity index (χ3n) is 2.75. The number of imidazole rings is 1. The Labute approximate surface area is 113 Å². The standard InChI is InChI=1S/C11H19ClN4OSi/c1-18(2,3)5-4-17-8-16-7-15-10(12)9-11(16)14-6-13-9/h6H,4-5,7-8H2,1-3H3,(H,13,14). The van der Waals surface area contributed by atoms with Crippen molar-refractivity contribution in [1.29, 1.82) is 0 Å². The molecule has 0 atom stereocenters. The van der Waals surface area contributed by atoms with E-state index in [-0.39, 0.29) is 0 Å². The lowest BCUT2D eigenvalue weighted by molar-refractivity contribution is 0.146. The van der Waals surface area contributed by atoms with Gasteiger partial charge in [-0.3, -0.25) is 0 Å². The molecule has 1 aromatic heterocycles. The Hall–Kier alpha value is -0.853. The maximum absolute atomic E-state index is 5.99. The number of aromatic nitrogens is 2. The Morgan fingerprint density at radius 2 is 2.28 bits per heavy atom. The van der Waals surface area contributed by atoms with Crippen LogP contribution in [0.25, 0.3) is 0 Å². The first-order valence-electron chi connectivity index (χ1n) is 6.04. The van der Waals surface area contributed by atoms with E-state index in [4.69, 9.17) is 16.3 Å². The summed E-state index contributed by atoms with van der Waals surface area (Å²) < 4.78 is 5.71. The van der Waals surface area contributed by atoms with Crippen molar-refractivity contribution in [1.82, 2.24) is 9.97 Å². The maximum Gasteiger partial charge on any atom is 0.160 e. The van der Waals surface area contributed by atoms with Crippen LogP contribution in [0.5, 0.6) is 0 Å². The van der Waals surface area contributed by atoms with Gasteiger partial charge < -0.3 is 14.6 Å². The van der Waals surface area contributed by atoms with E-state index in [1.54, 1.807) is 6.33 Å². The fraction of sp³-hybridized carbons (Fsp3) is 0.636. The second kappa shape index (κ2) is 5.42. The summed E-state index contributed by atoms with van der Waals surface area (Å²) in [6.07, 6.45) is 1.63. The molecule has 0 spiro atoms. The number of rotatable bonds is 5. The normalized spacial score (nSPS) is 15.6. The zero-order valence-electron chi connectivity index (χ0n) is 11.0. The average Bonchev–Trinajstić information content (AvgIpc) is 2.75. The molecule has 1 aliphatic heterocycles. The van der Waals surface area contributed by atoms with E-state index >= 15 is 0 Å². The highest BCUT2D eigenvalue weighted by Gasteiger charge is 2.21. The van der Waals surface area contributed by atoms with Gasteiger partial charge in [-0.25, -0.2) is 9.98 Å². The molecule has 2 heterocycles. The van der Waals surface area contributed by atoms with Crippen molar-refractivity contribution in [2.45, 2.75) is 25.7 Å². The van der Waals surface area contributed by atoms with Gasteiger partial charge in [-0.1, -0.05) is 31.2 Å². The molecular weight excluding hydrogens is 268 g/mol. The van der Waals surface area contributed by atoms with Crippen LogP contribution in [0, 0.1) is 0 Å². The Balaban J connectivity index is 1.86. The molecule has 1 aromatic rings. The minimum atomic E-state index is -1.03. The summed E-state index contributed by atoms with van der Waals surface area (Å²) in [6.45, 7) is 8.83. The zero-order valence-corrected chi connectivity index (χ0v) is 12.8. The van der Waals surface area contributed by atoms with Crippen LogP contribution in [0.15, 0.2) is 11.3 Å². The van der Waals surface area contributed by atoms with Gasteiger partial charge in [0, 0.05) is 14.7 Å². The predicted molar refractivity (Wildman–Crippen MR) is 77.3 cm³/mol. The minimum absolute atomic E-state index is 0.487. The van der Waals surface area contributed by atoms with Gasteiger partial charge in [0.25, 0.3) is 0 Å². The summed E-state index contributed by atoms with van der Waals surface area (Å²) >= 11 is 5.99. The quantitative estimate of drug-likeness (QED) is 0.668. The number of nitrogens with zero attached hydrogens (tertiary/aromatic N) is 3. The van der Waals surface area contributed by atoms with E-state index in [0.717, 1.165) is 24.2 Å². The first kappa shape index (κ1) is 13.6. The number of aromatic amines is 1. The Kier molecular flexibility index (Phi) is 4.09. The molecule has 0 saturated carbocycles. The number of hydrogen-bond donors (Lipinski definition) is 1. The first-order chi connectivity index (χ1) is 8.47. The van der Waals surface area contributed by atoms with Crippen LogP contribution >= 0.6 is 11.6 Å². The molecule has 1 aliphatic rings. The SMILES string of the molecule is C[Si](C)(C)CCOCN1CN=C(Cl)c2[nH]cnc21. The summed E-state index contributed by atoms with van der Waals surface area (Å²) in [6, 6.07) is 1.16. The number of hydrogen-bond acceptors (Lipinski definition) is 4. The summed E-state index contributed by atoms with van der Waals surface area (Å²) in [4.78, 5) is 13.4. The van der Waals surface area contributed by atoms with Crippen molar-refractivity contribution in [2.75, 3.05) is 24.9 Å². The van der Waals surface area contributed by atoms with Crippen LogP contribution in [0.1, 0.15) is 5.69 Å². The molecule has 0 bridgehead atoms. The van der Waals surface area contributed by atoms with Gasteiger partial charge in [0.2, 0.25) is 0 Å². The average molecular weight is 287 g/mol. The number of aliphatic imine (C=N–C) groups is 1. The Bertz CT molecular complexity index is 440. The van der Waals surface area contributed by atoms with Crippen molar-refractivity contribution in [3.05, 3.63) is 12.0 Å². The first-order valence-corrected chi connectivity index (χ1v) is 10.1. The van der Waals surface area contributed by atoms with Gasteiger partial charge in [-0.15, -0.1) is 0 Å². The van der Waals surface area contributed by atoms with Gasteiger partial charge in [-0.2, -0.15) is 0 Å². The molecule has 0 radical (unpaired) electrons. The molecule has 100 valence electrons. The molecule has 0 fully saturated rings. The topological polar surface area (TPSA) is 53.5 Å². The van der Waals surface area contributed by atoms with Gasteiger partial charge >= 0.3 is 0 Å². The highest BCUT2D eigenvalue weighted by atomic mass is 35.5. The molecule has 0 aromatic carbocycles. The van der Waals surface area contributed by atoms with Gasteiger partial charge in [0.05, 0.1) is 6.33 Å². The predicted octanol–water partition coefficient (Wildman–Crippen LogP) is 2.48. The Morgan fingerprint density at radius 1 is 1.50 bits per heavy atom. The number of anilines is 1. The van der Waals surface area contributed by atoms with E-state index in [1.807, 2.05) is 4.90 Å². The van der Waals surface area contributed by atoms with Crippen molar-refractivity contribution in [2.24, 2.45) is 4.99 Å². The van der Waals surface area contributed by atoms with Crippen LogP contribution in [0.2, 0.25) is 25.7 Å². The monoisotopic (exact) mass is 286 g/mol. The number of H-pyrrole nitrogens is 1. The van der Waals surface area contributed by atoms with Crippen molar-refractivity contribution >= 4 is 30.7 Å². The molecule has 0 aliphatic carbocycles. The second-order valence-electron chi connectivity index (χ2n) is 5.58. The van der Waals surface area contributed by atoms with E-state index in [1.165, 1.54) is 0 Å². The third-order valence-corrected chi connectivity index (χ3v) is 4.76. The number of halogens is 1. The summed E-state index contributed by atoms with van der Waals surface area (Å²) in [7, 11) is -1.03. The molecule has 5 nitrogen and oxygen atoms in total. The van der Waals surface area contributed by atoms with Crippen LogP contribution in [-0.2, 0) is 4.74 Å². The van der Waals surface area contributed by atoms with Crippen LogP contribution in [0.4, 0.5) is 5.82 Å². The molecule has 0 amide bonds. The molecule has 7 heteroatoms. The third kappa shape index (κ3) is 3.34. The van der Waals surface area contributed by atoms with Crippen LogP contribution < -0.4 is 4.90 Å². The molecule has 1 N–H and O–H groups in total. The summed E-state index contributed by atoms with van der Waals surface area (Å²) in [5.41, 5.74) is 0.775. The largest absolute Gasteiger partial charge is 0.361 e. The summed E-state index contributed by atoms with van der Waals surface area (Å²) in [5, 5.41) is 0.487. The van der Waals surface area contributed by atoms with Crippen molar-refractivity contribution < 1.29 is 4.74 Å². The highest BCUT2D eigenvalue weighted by molar-refractivity contribution is 6.76. The Morgan fingerprint density at radius 3 is 3.00 bits per heavy atom. The lowest BCUT2D eigenvalue weighted by Gasteiger charge is -2.25. The lowest BCUT2D eigenvalue weighted by atomic mass is 10.4. The van der Waals surface area contributed by atoms with Gasteiger partial charge in [0.15, 0.2) is 11.0 Å². The van der Waals surface area contributed by atoms with Crippen molar-refractivity contribution in [3.63, 3.8) is 0 Å². The lowest BCUT2D eigenvalue weighted by Crippen LogP contribution is -2.32. The van der Waals surface area contributed by atoms with Crippen LogP contribution in [-0.4, -0.2) is 43.2 Å². The van der Waals surface area contributed by atoms with E-state index < -0.39 is 8.07 Å². The smallest absolute Gasteiger partial charge is 0.160 e. The number of ether oxygens (including phenoxy) is 1. The van der Waals surface area contributed by atoms with Crippen LogP contribution in [0.3, 0.4) is 0 Å². The summed E-state index contributed by atoms with van der Waals surface area (Å²) in [5.74, 6) is 0.822. The zero-order chi connectivity index (χ0) is 13.2. The second-order valence-corrected chi connectivity index (χ2v) is 11.6. The van der Waals surface area contributed by atoms with E-state index in [0.29, 0.717) is 18.6 Å². The molecular formula is C11H19ClN4OSi. The number of nitrogens with one attached hydrogen (secondary N) is 1. The van der Waals surface area contributed by atoms with E-state index in [9.17, 15) is 0 Å². The highest BCUT2D eigenvalue weighted by Crippen LogP contribution is 2.22.